The van der Waals surface area contributed by atoms with Crippen molar-refractivity contribution in [3.63, 3.8) is 0 Å². The predicted octanol–water partition coefficient (Wildman–Crippen LogP) is 0.637. The number of ether oxygens (including phenoxy) is 1. The van der Waals surface area contributed by atoms with E-state index in [2.05, 4.69) is 5.32 Å². The molecule has 5 nitrogen and oxygen atoms in total. The molecule has 92 valence electrons. The molecule has 0 aromatic heterocycles. The molecule has 2 unspecified atom stereocenters. The Morgan fingerprint density at radius 2 is 2.12 bits per heavy atom. The maximum Gasteiger partial charge on any atom is 0.326 e. The zero-order chi connectivity index (χ0) is 12.3. The van der Waals surface area contributed by atoms with Gasteiger partial charge in [-0.3, -0.25) is 4.79 Å². The summed E-state index contributed by atoms with van der Waals surface area (Å²) in [6.07, 6.45) is 0.677. The largest absolute Gasteiger partial charge is 0.480 e. The summed E-state index contributed by atoms with van der Waals surface area (Å²) >= 11 is 0. The van der Waals surface area contributed by atoms with Gasteiger partial charge in [-0.05, 0) is 19.3 Å². The highest BCUT2D eigenvalue weighted by Gasteiger charge is 2.45. The Kier molecular flexibility index (Phi) is 4.29. The van der Waals surface area contributed by atoms with Crippen molar-refractivity contribution < 1.29 is 19.4 Å². The molecule has 0 saturated heterocycles. The minimum Gasteiger partial charge on any atom is -0.480 e. The molecule has 1 saturated carbocycles. The van der Waals surface area contributed by atoms with Crippen molar-refractivity contribution in [2.75, 3.05) is 6.61 Å². The zero-order valence-corrected chi connectivity index (χ0v) is 9.90. The van der Waals surface area contributed by atoms with Crippen LogP contribution >= 0.6 is 0 Å². The molecule has 0 radical (unpaired) electrons. The molecule has 0 heterocycles. The molecule has 0 aromatic carbocycles. The molecule has 1 aliphatic carbocycles. The van der Waals surface area contributed by atoms with Gasteiger partial charge in [0.15, 0.2) is 0 Å². The van der Waals surface area contributed by atoms with E-state index in [1.807, 2.05) is 6.92 Å². The number of carboxylic acid groups (broad SMARTS) is 1. The molecular weight excluding hydrogens is 210 g/mol. The molecule has 5 heteroatoms. The van der Waals surface area contributed by atoms with Gasteiger partial charge in [-0.15, -0.1) is 0 Å². The lowest BCUT2D eigenvalue weighted by Crippen LogP contribution is -2.45. The van der Waals surface area contributed by atoms with Crippen molar-refractivity contribution in [3.8, 4) is 0 Å². The van der Waals surface area contributed by atoms with Crippen LogP contribution in [0.15, 0.2) is 0 Å². The molecular formula is C11H19NO4. The van der Waals surface area contributed by atoms with Gasteiger partial charge >= 0.3 is 5.97 Å². The standard InChI is InChI=1S/C11H19NO4/c1-4-16-8-5-7(8)10(13)12-9(6(2)3)11(14)15/h6-9H,4-5H2,1-3H3,(H,12,13)(H,14,15)/t7?,8?,9-/m1/s1. The highest BCUT2D eigenvalue weighted by molar-refractivity contribution is 5.87. The lowest BCUT2D eigenvalue weighted by Gasteiger charge is -2.17. The van der Waals surface area contributed by atoms with Crippen LogP contribution in [0.2, 0.25) is 0 Å². The molecule has 0 spiro atoms. The van der Waals surface area contributed by atoms with Gasteiger partial charge in [0.05, 0.1) is 12.0 Å². The molecule has 2 N–H and O–H groups in total. The summed E-state index contributed by atoms with van der Waals surface area (Å²) in [4.78, 5) is 22.5. The van der Waals surface area contributed by atoms with Crippen LogP contribution in [0.25, 0.3) is 0 Å². The third-order valence-corrected chi connectivity index (χ3v) is 2.68. The molecule has 1 fully saturated rings. The van der Waals surface area contributed by atoms with E-state index in [1.165, 1.54) is 0 Å². The van der Waals surface area contributed by atoms with E-state index in [0.717, 1.165) is 0 Å². The summed E-state index contributed by atoms with van der Waals surface area (Å²) in [5, 5.41) is 11.5. The van der Waals surface area contributed by atoms with E-state index in [4.69, 9.17) is 9.84 Å². The second-order valence-corrected chi connectivity index (χ2v) is 4.40. The molecule has 1 rings (SSSR count). The highest BCUT2D eigenvalue weighted by Crippen LogP contribution is 2.33. The van der Waals surface area contributed by atoms with Gasteiger partial charge in [0.1, 0.15) is 6.04 Å². The quantitative estimate of drug-likeness (QED) is 0.700. The lowest BCUT2D eigenvalue weighted by atomic mass is 10.0. The summed E-state index contributed by atoms with van der Waals surface area (Å²) in [7, 11) is 0. The second-order valence-electron chi connectivity index (χ2n) is 4.40. The number of carbonyl (C=O) groups excluding carboxylic acids is 1. The molecule has 0 aliphatic heterocycles. The third-order valence-electron chi connectivity index (χ3n) is 2.68. The van der Waals surface area contributed by atoms with Gasteiger partial charge in [-0.25, -0.2) is 4.79 Å². The first-order chi connectivity index (χ1) is 7.47. The van der Waals surface area contributed by atoms with E-state index in [-0.39, 0.29) is 23.8 Å². The molecule has 1 amide bonds. The smallest absolute Gasteiger partial charge is 0.326 e. The van der Waals surface area contributed by atoms with Crippen molar-refractivity contribution in [1.82, 2.24) is 5.32 Å². The first-order valence-electron chi connectivity index (χ1n) is 5.62. The monoisotopic (exact) mass is 229 g/mol. The first-order valence-corrected chi connectivity index (χ1v) is 5.62. The number of rotatable bonds is 6. The van der Waals surface area contributed by atoms with E-state index >= 15 is 0 Å². The number of hydrogen-bond acceptors (Lipinski definition) is 3. The van der Waals surface area contributed by atoms with E-state index in [9.17, 15) is 9.59 Å². The number of nitrogens with one attached hydrogen (secondary N) is 1. The number of amides is 1. The second kappa shape index (κ2) is 5.30. The van der Waals surface area contributed by atoms with Crippen LogP contribution in [0.5, 0.6) is 0 Å². The lowest BCUT2D eigenvalue weighted by molar-refractivity contribution is -0.143. The Morgan fingerprint density at radius 3 is 2.56 bits per heavy atom. The van der Waals surface area contributed by atoms with Crippen molar-refractivity contribution in [2.45, 2.75) is 39.3 Å². The maximum atomic E-state index is 11.7. The van der Waals surface area contributed by atoms with Crippen LogP contribution in [-0.2, 0) is 14.3 Å². The van der Waals surface area contributed by atoms with E-state index in [1.54, 1.807) is 13.8 Å². The summed E-state index contributed by atoms with van der Waals surface area (Å²) < 4.78 is 5.28. The van der Waals surface area contributed by atoms with Crippen molar-refractivity contribution in [1.29, 1.82) is 0 Å². The van der Waals surface area contributed by atoms with Crippen LogP contribution in [0.3, 0.4) is 0 Å². The Balaban J connectivity index is 2.42. The minimum absolute atomic E-state index is 0.0217. The topological polar surface area (TPSA) is 75.6 Å². The number of aliphatic carboxylic acids is 1. The number of carbonyl (C=O) groups is 2. The molecule has 0 aromatic rings. The summed E-state index contributed by atoms with van der Waals surface area (Å²) in [5.41, 5.74) is 0. The number of hydrogen-bond donors (Lipinski definition) is 2. The summed E-state index contributed by atoms with van der Waals surface area (Å²) in [6.45, 7) is 6.00. The van der Waals surface area contributed by atoms with Gasteiger partial charge in [-0.1, -0.05) is 13.8 Å². The minimum atomic E-state index is -0.989. The van der Waals surface area contributed by atoms with Crippen LogP contribution in [0.1, 0.15) is 27.2 Å². The zero-order valence-electron chi connectivity index (χ0n) is 9.90. The maximum absolute atomic E-state index is 11.7. The van der Waals surface area contributed by atoms with Gasteiger partial charge in [0.2, 0.25) is 5.91 Å². The third kappa shape index (κ3) is 3.20. The molecule has 1 aliphatic rings. The van der Waals surface area contributed by atoms with Crippen LogP contribution in [0.4, 0.5) is 0 Å². The Labute approximate surface area is 95.2 Å². The molecule has 0 bridgehead atoms. The molecule has 16 heavy (non-hydrogen) atoms. The average Bonchev–Trinajstić information content (AvgIpc) is 2.92. The summed E-state index contributed by atoms with van der Waals surface area (Å²) in [6, 6.07) is -0.810. The fourth-order valence-corrected chi connectivity index (χ4v) is 1.62. The van der Waals surface area contributed by atoms with Crippen molar-refractivity contribution in [2.24, 2.45) is 11.8 Å². The van der Waals surface area contributed by atoms with Crippen LogP contribution in [0, 0.1) is 11.8 Å². The normalized spacial score (nSPS) is 25.2. The SMILES string of the molecule is CCOC1CC1C(=O)N[C@@H](C(=O)O)C(C)C. The van der Waals surface area contributed by atoms with Crippen molar-refractivity contribution in [3.05, 3.63) is 0 Å². The van der Waals surface area contributed by atoms with Gasteiger partial charge in [-0.2, -0.15) is 0 Å². The summed E-state index contributed by atoms with van der Waals surface area (Å²) in [5.74, 6) is -1.48. The Bertz CT molecular complexity index is 277. The highest BCUT2D eigenvalue weighted by atomic mass is 16.5. The fourth-order valence-electron chi connectivity index (χ4n) is 1.62. The van der Waals surface area contributed by atoms with Gasteiger partial charge in [0.25, 0.3) is 0 Å². The molecule has 3 atom stereocenters. The Morgan fingerprint density at radius 1 is 1.50 bits per heavy atom. The van der Waals surface area contributed by atoms with Gasteiger partial charge < -0.3 is 15.2 Å². The fraction of sp³-hybridized carbons (Fsp3) is 0.818. The van der Waals surface area contributed by atoms with E-state index in [0.29, 0.717) is 13.0 Å². The van der Waals surface area contributed by atoms with Crippen LogP contribution < -0.4 is 5.32 Å². The van der Waals surface area contributed by atoms with Crippen LogP contribution in [-0.4, -0.2) is 35.7 Å². The van der Waals surface area contributed by atoms with Crippen molar-refractivity contribution >= 4 is 11.9 Å². The first kappa shape index (κ1) is 13.0. The van der Waals surface area contributed by atoms with E-state index < -0.39 is 12.0 Å². The Hall–Kier alpha value is -1.10. The average molecular weight is 229 g/mol. The number of carboxylic acids is 1. The predicted molar refractivity (Wildman–Crippen MR) is 57.9 cm³/mol. The van der Waals surface area contributed by atoms with Gasteiger partial charge in [0, 0.05) is 6.61 Å².